The fraction of sp³-hybridized carbons (Fsp3) is 0.625. The first-order chi connectivity index (χ1) is 9.68. The summed E-state index contributed by atoms with van der Waals surface area (Å²) in [6, 6.07) is 5.85. The maximum atomic E-state index is 6.40. The third-order valence-electron chi connectivity index (χ3n) is 4.68. The van der Waals surface area contributed by atoms with E-state index in [4.69, 9.17) is 19.9 Å². The molecule has 4 heteroatoms. The summed E-state index contributed by atoms with van der Waals surface area (Å²) in [4.78, 5) is 0. The van der Waals surface area contributed by atoms with Gasteiger partial charge in [-0.05, 0) is 37.5 Å². The molecule has 0 bridgehead atoms. The van der Waals surface area contributed by atoms with Crippen molar-refractivity contribution in [3.05, 3.63) is 23.8 Å². The lowest BCUT2D eigenvalue weighted by atomic mass is 9.75. The Balaban J connectivity index is 1.95. The second-order valence-corrected chi connectivity index (χ2v) is 5.85. The van der Waals surface area contributed by atoms with E-state index in [0.717, 1.165) is 36.3 Å². The van der Waals surface area contributed by atoms with E-state index in [1.165, 1.54) is 12.8 Å². The van der Waals surface area contributed by atoms with E-state index >= 15 is 0 Å². The quantitative estimate of drug-likeness (QED) is 0.903. The lowest BCUT2D eigenvalue weighted by molar-refractivity contribution is -0.114. The van der Waals surface area contributed by atoms with E-state index in [2.05, 4.69) is 0 Å². The van der Waals surface area contributed by atoms with Crippen LogP contribution in [0.1, 0.15) is 43.7 Å². The van der Waals surface area contributed by atoms with Crippen LogP contribution < -0.4 is 15.2 Å². The molecule has 1 fully saturated rings. The molecule has 0 saturated heterocycles. The molecule has 2 aliphatic rings. The van der Waals surface area contributed by atoms with E-state index in [1.54, 1.807) is 14.2 Å². The molecule has 2 N–H and O–H groups in total. The molecule has 110 valence electrons. The standard InChI is InChI=1S/C16H23NO3/c1-18-11-6-7-14-12(9-11)13(17)10-16(20-14)8-4-3-5-15(16)19-2/h6-7,9,13,15H,3-5,8,10,17H2,1-2H3/t13-,15?,16?/m1/s1. The first-order valence-corrected chi connectivity index (χ1v) is 7.34. The van der Waals surface area contributed by atoms with Crippen molar-refractivity contribution < 1.29 is 14.2 Å². The van der Waals surface area contributed by atoms with Gasteiger partial charge in [-0.15, -0.1) is 0 Å². The first-order valence-electron chi connectivity index (χ1n) is 7.34. The Morgan fingerprint density at radius 2 is 2.15 bits per heavy atom. The molecule has 0 aromatic heterocycles. The summed E-state index contributed by atoms with van der Waals surface area (Å²) in [6.45, 7) is 0. The van der Waals surface area contributed by atoms with E-state index in [1.807, 2.05) is 18.2 Å². The fourth-order valence-corrected chi connectivity index (χ4v) is 3.64. The van der Waals surface area contributed by atoms with Gasteiger partial charge in [0.2, 0.25) is 0 Å². The van der Waals surface area contributed by atoms with Crippen LogP contribution in [0.2, 0.25) is 0 Å². The van der Waals surface area contributed by atoms with Gasteiger partial charge in [-0.3, -0.25) is 0 Å². The van der Waals surface area contributed by atoms with Crippen molar-refractivity contribution in [2.45, 2.75) is 49.9 Å². The largest absolute Gasteiger partial charge is 0.497 e. The van der Waals surface area contributed by atoms with Gasteiger partial charge >= 0.3 is 0 Å². The van der Waals surface area contributed by atoms with Crippen LogP contribution in [0, 0.1) is 0 Å². The summed E-state index contributed by atoms with van der Waals surface area (Å²) in [5.41, 5.74) is 7.18. The van der Waals surface area contributed by atoms with Crippen LogP contribution in [0.3, 0.4) is 0 Å². The van der Waals surface area contributed by atoms with Gasteiger partial charge in [-0.2, -0.15) is 0 Å². The van der Waals surface area contributed by atoms with Gasteiger partial charge in [-0.25, -0.2) is 0 Å². The van der Waals surface area contributed by atoms with Crippen LogP contribution in [0.5, 0.6) is 11.5 Å². The van der Waals surface area contributed by atoms with E-state index in [-0.39, 0.29) is 17.7 Å². The molecule has 2 unspecified atom stereocenters. The van der Waals surface area contributed by atoms with Gasteiger partial charge in [0, 0.05) is 25.1 Å². The number of rotatable bonds is 2. The van der Waals surface area contributed by atoms with Crippen molar-refractivity contribution in [1.29, 1.82) is 0 Å². The average Bonchev–Trinajstić information content (AvgIpc) is 2.47. The molecule has 1 saturated carbocycles. The van der Waals surface area contributed by atoms with E-state index < -0.39 is 0 Å². The van der Waals surface area contributed by atoms with Crippen LogP contribution in [0.15, 0.2) is 18.2 Å². The predicted octanol–water partition coefficient (Wildman–Crippen LogP) is 2.81. The monoisotopic (exact) mass is 277 g/mol. The Bertz CT molecular complexity index is 491. The number of hydrogen-bond acceptors (Lipinski definition) is 4. The molecule has 1 spiro atoms. The zero-order valence-corrected chi connectivity index (χ0v) is 12.2. The predicted molar refractivity (Wildman–Crippen MR) is 77.2 cm³/mol. The Kier molecular flexibility index (Phi) is 3.61. The summed E-state index contributed by atoms with van der Waals surface area (Å²) in [6.07, 6.45) is 5.40. The second-order valence-electron chi connectivity index (χ2n) is 5.85. The number of ether oxygens (including phenoxy) is 3. The number of nitrogens with two attached hydrogens (primary N) is 1. The summed E-state index contributed by atoms with van der Waals surface area (Å²) in [5, 5.41) is 0. The summed E-state index contributed by atoms with van der Waals surface area (Å²) >= 11 is 0. The van der Waals surface area contributed by atoms with E-state index in [0.29, 0.717) is 0 Å². The van der Waals surface area contributed by atoms with Crippen molar-refractivity contribution in [1.82, 2.24) is 0 Å². The maximum absolute atomic E-state index is 6.40. The number of benzene rings is 1. The van der Waals surface area contributed by atoms with Crippen molar-refractivity contribution in [2.24, 2.45) is 5.73 Å². The summed E-state index contributed by atoms with van der Waals surface area (Å²) in [7, 11) is 3.44. The molecule has 0 radical (unpaired) electrons. The summed E-state index contributed by atoms with van der Waals surface area (Å²) < 4.78 is 17.3. The molecule has 1 aromatic carbocycles. The summed E-state index contributed by atoms with van der Waals surface area (Å²) in [5.74, 6) is 1.71. The molecule has 20 heavy (non-hydrogen) atoms. The van der Waals surface area contributed by atoms with Crippen molar-refractivity contribution in [2.75, 3.05) is 14.2 Å². The molecule has 4 nitrogen and oxygen atoms in total. The van der Waals surface area contributed by atoms with Crippen LogP contribution >= 0.6 is 0 Å². The lowest BCUT2D eigenvalue weighted by Crippen LogP contribution is -2.54. The van der Waals surface area contributed by atoms with E-state index in [9.17, 15) is 0 Å². The lowest BCUT2D eigenvalue weighted by Gasteiger charge is -2.47. The smallest absolute Gasteiger partial charge is 0.137 e. The fourth-order valence-electron chi connectivity index (χ4n) is 3.64. The molecular weight excluding hydrogens is 254 g/mol. The number of hydrogen-bond donors (Lipinski definition) is 1. The Morgan fingerprint density at radius 1 is 1.30 bits per heavy atom. The molecular formula is C16H23NO3. The first kappa shape index (κ1) is 13.7. The molecule has 0 amide bonds. The minimum absolute atomic E-state index is 0.0235. The van der Waals surface area contributed by atoms with Crippen LogP contribution in [-0.2, 0) is 4.74 Å². The molecule has 3 rings (SSSR count). The Labute approximate surface area is 120 Å². The highest BCUT2D eigenvalue weighted by Crippen LogP contribution is 2.46. The van der Waals surface area contributed by atoms with Gasteiger partial charge in [0.1, 0.15) is 17.1 Å². The van der Waals surface area contributed by atoms with Crippen LogP contribution in [0.25, 0.3) is 0 Å². The third kappa shape index (κ3) is 2.17. The van der Waals surface area contributed by atoms with Crippen LogP contribution in [0.4, 0.5) is 0 Å². The average molecular weight is 277 g/mol. The van der Waals surface area contributed by atoms with Crippen molar-refractivity contribution in [3.8, 4) is 11.5 Å². The molecule has 1 heterocycles. The second kappa shape index (κ2) is 5.26. The molecule has 3 atom stereocenters. The SMILES string of the molecule is COc1ccc2c(c1)[C@H](N)CC1(CCCCC1OC)O2. The maximum Gasteiger partial charge on any atom is 0.137 e. The highest BCUT2D eigenvalue weighted by molar-refractivity contribution is 5.44. The van der Waals surface area contributed by atoms with Gasteiger partial charge in [-0.1, -0.05) is 6.42 Å². The Hall–Kier alpha value is -1.26. The normalized spacial score (nSPS) is 32.5. The van der Waals surface area contributed by atoms with Crippen molar-refractivity contribution in [3.63, 3.8) is 0 Å². The highest BCUT2D eigenvalue weighted by Gasteiger charge is 2.47. The van der Waals surface area contributed by atoms with Gasteiger partial charge in [0.05, 0.1) is 13.2 Å². The minimum atomic E-state index is -0.256. The topological polar surface area (TPSA) is 53.7 Å². The minimum Gasteiger partial charge on any atom is -0.497 e. The Morgan fingerprint density at radius 3 is 2.90 bits per heavy atom. The zero-order valence-electron chi connectivity index (χ0n) is 12.2. The number of methoxy groups -OCH3 is 2. The molecule has 1 aliphatic carbocycles. The molecule has 1 aliphatic heterocycles. The third-order valence-corrected chi connectivity index (χ3v) is 4.68. The number of fused-ring (bicyclic) bond motifs is 1. The molecule has 1 aromatic rings. The van der Waals surface area contributed by atoms with Gasteiger partial charge in [0.15, 0.2) is 0 Å². The zero-order chi connectivity index (χ0) is 14.2. The van der Waals surface area contributed by atoms with Gasteiger partial charge in [0.25, 0.3) is 0 Å². The van der Waals surface area contributed by atoms with Crippen LogP contribution in [-0.4, -0.2) is 25.9 Å². The van der Waals surface area contributed by atoms with Crippen molar-refractivity contribution >= 4 is 0 Å². The van der Waals surface area contributed by atoms with Gasteiger partial charge < -0.3 is 19.9 Å². The highest BCUT2D eigenvalue weighted by atomic mass is 16.5.